The van der Waals surface area contributed by atoms with Crippen molar-refractivity contribution < 1.29 is 18.0 Å². The van der Waals surface area contributed by atoms with Crippen LogP contribution in [0.5, 0.6) is 0 Å². The average molecular weight is 570 g/mol. The maximum absolute atomic E-state index is 14.0. The molecule has 0 aromatic heterocycles. The Bertz CT molecular complexity index is 1370. The van der Waals surface area contributed by atoms with E-state index in [-0.39, 0.29) is 18.9 Å². The topological polar surface area (TPSA) is 86.8 Å². The molecule has 3 rings (SSSR count). The minimum atomic E-state index is -3.80. The highest BCUT2D eigenvalue weighted by Crippen LogP contribution is 2.22. The van der Waals surface area contributed by atoms with Crippen LogP contribution in [0.2, 0.25) is 5.02 Å². The van der Waals surface area contributed by atoms with Crippen molar-refractivity contribution in [2.45, 2.75) is 52.2 Å². The van der Waals surface area contributed by atoms with Crippen molar-refractivity contribution in [3.63, 3.8) is 0 Å². The fraction of sp³-hybridized carbons (Fsp3) is 0.333. The summed E-state index contributed by atoms with van der Waals surface area (Å²) in [4.78, 5) is 29.2. The van der Waals surface area contributed by atoms with Crippen LogP contribution in [0, 0.1) is 6.92 Å². The van der Waals surface area contributed by atoms with E-state index in [1.807, 2.05) is 58.0 Å². The smallest absolute Gasteiger partial charge is 0.244 e. The lowest BCUT2D eigenvalue weighted by atomic mass is 10.0. The standard InChI is InChI=1S/C30H36ClN3O4S/c1-22-11-17-26(18-12-22)34(39(5,37)38)21-28(35)33(20-24-13-15-25(31)16-14-24)27(29(36)32-30(2,3)4)19-23-9-7-6-8-10-23/h6-18,27H,19-21H2,1-5H3,(H,32,36)/t27-/m1/s1. The Morgan fingerprint density at radius 3 is 2.03 bits per heavy atom. The Morgan fingerprint density at radius 1 is 0.897 bits per heavy atom. The Labute approximate surface area is 236 Å². The molecule has 0 spiro atoms. The Balaban J connectivity index is 2.06. The van der Waals surface area contributed by atoms with Crippen LogP contribution in [0.1, 0.15) is 37.5 Å². The summed E-state index contributed by atoms with van der Waals surface area (Å²) in [5.74, 6) is -0.823. The molecule has 39 heavy (non-hydrogen) atoms. The molecule has 0 bridgehead atoms. The third-order valence-electron chi connectivity index (χ3n) is 6.04. The van der Waals surface area contributed by atoms with Gasteiger partial charge in [0.2, 0.25) is 21.8 Å². The molecule has 0 unspecified atom stereocenters. The highest BCUT2D eigenvalue weighted by atomic mass is 35.5. The third kappa shape index (κ3) is 9.11. The summed E-state index contributed by atoms with van der Waals surface area (Å²) in [6.07, 6.45) is 1.32. The molecule has 7 nitrogen and oxygen atoms in total. The number of nitrogens with zero attached hydrogens (tertiary/aromatic N) is 2. The lowest BCUT2D eigenvalue weighted by Gasteiger charge is -2.35. The van der Waals surface area contributed by atoms with Crippen molar-refractivity contribution in [3.05, 3.63) is 101 Å². The Kier molecular flexibility index (Phi) is 9.80. The predicted molar refractivity (Wildman–Crippen MR) is 157 cm³/mol. The molecule has 0 aliphatic carbocycles. The fourth-order valence-electron chi connectivity index (χ4n) is 4.12. The van der Waals surface area contributed by atoms with E-state index in [2.05, 4.69) is 5.32 Å². The molecule has 0 aliphatic heterocycles. The van der Waals surface area contributed by atoms with E-state index in [4.69, 9.17) is 11.6 Å². The van der Waals surface area contributed by atoms with E-state index in [0.717, 1.165) is 27.3 Å². The highest BCUT2D eigenvalue weighted by molar-refractivity contribution is 7.92. The van der Waals surface area contributed by atoms with Gasteiger partial charge in [-0.2, -0.15) is 0 Å². The summed E-state index contributed by atoms with van der Waals surface area (Å²) in [6.45, 7) is 7.16. The zero-order chi connectivity index (χ0) is 28.8. The minimum absolute atomic E-state index is 0.0938. The molecule has 3 aromatic rings. The van der Waals surface area contributed by atoms with Gasteiger partial charge in [0.05, 0.1) is 11.9 Å². The molecule has 0 radical (unpaired) electrons. The SMILES string of the molecule is Cc1ccc(N(CC(=O)N(Cc2ccc(Cl)cc2)[C@H](Cc2ccccc2)C(=O)NC(C)(C)C)S(C)(=O)=O)cc1. The first-order valence-corrected chi connectivity index (χ1v) is 14.9. The van der Waals surface area contributed by atoms with Crippen LogP contribution in [0.3, 0.4) is 0 Å². The summed E-state index contributed by atoms with van der Waals surface area (Å²) < 4.78 is 26.7. The van der Waals surface area contributed by atoms with Gasteiger partial charge in [0.1, 0.15) is 12.6 Å². The first kappa shape index (κ1) is 30.2. The van der Waals surface area contributed by atoms with Crippen molar-refractivity contribution in [1.29, 1.82) is 0 Å². The van der Waals surface area contributed by atoms with Crippen molar-refractivity contribution in [1.82, 2.24) is 10.2 Å². The van der Waals surface area contributed by atoms with Crippen LogP contribution in [0.15, 0.2) is 78.9 Å². The van der Waals surface area contributed by atoms with Crippen molar-refractivity contribution in [2.75, 3.05) is 17.1 Å². The molecule has 3 aromatic carbocycles. The molecule has 0 heterocycles. The van der Waals surface area contributed by atoms with Gasteiger partial charge in [0.15, 0.2) is 0 Å². The van der Waals surface area contributed by atoms with Gasteiger partial charge < -0.3 is 10.2 Å². The number of rotatable bonds is 10. The quantitative estimate of drug-likeness (QED) is 0.373. The molecule has 9 heteroatoms. The first-order valence-electron chi connectivity index (χ1n) is 12.7. The fourth-order valence-corrected chi connectivity index (χ4v) is 5.09. The van der Waals surface area contributed by atoms with E-state index < -0.39 is 34.1 Å². The first-order chi connectivity index (χ1) is 18.2. The molecule has 2 amide bonds. The van der Waals surface area contributed by atoms with Crippen LogP contribution < -0.4 is 9.62 Å². The number of amides is 2. The summed E-state index contributed by atoms with van der Waals surface area (Å²) in [5.41, 5.74) is 2.43. The highest BCUT2D eigenvalue weighted by Gasteiger charge is 2.34. The van der Waals surface area contributed by atoms with Gasteiger partial charge in [-0.15, -0.1) is 0 Å². The van der Waals surface area contributed by atoms with Crippen molar-refractivity contribution >= 4 is 39.1 Å². The van der Waals surface area contributed by atoms with Gasteiger partial charge in [-0.3, -0.25) is 13.9 Å². The van der Waals surface area contributed by atoms with E-state index in [0.29, 0.717) is 10.7 Å². The number of halogens is 1. The molecule has 1 atom stereocenters. The lowest BCUT2D eigenvalue weighted by Crippen LogP contribution is -2.56. The number of benzene rings is 3. The number of nitrogens with one attached hydrogen (secondary N) is 1. The molecule has 208 valence electrons. The van der Waals surface area contributed by atoms with Gasteiger partial charge in [-0.1, -0.05) is 71.8 Å². The predicted octanol–water partition coefficient (Wildman–Crippen LogP) is 4.97. The molecule has 0 aliphatic rings. The number of sulfonamides is 1. The molecule has 0 fully saturated rings. The van der Waals surface area contributed by atoms with Gasteiger partial charge in [-0.25, -0.2) is 8.42 Å². The van der Waals surface area contributed by atoms with E-state index in [1.54, 1.807) is 48.5 Å². The molecular weight excluding hydrogens is 534 g/mol. The van der Waals surface area contributed by atoms with E-state index >= 15 is 0 Å². The monoisotopic (exact) mass is 569 g/mol. The maximum atomic E-state index is 14.0. The normalized spacial score (nSPS) is 12.5. The van der Waals surface area contributed by atoms with Crippen LogP contribution in [0.25, 0.3) is 0 Å². The van der Waals surface area contributed by atoms with Crippen molar-refractivity contribution in [2.24, 2.45) is 0 Å². The largest absolute Gasteiger partial charge is 0.350 e. The zero-order valence-electron chi connectivity index (χ0n) is 23.0. The second-order valence-corrected chi connectivity index (χ2v) is 13.0. The maximum Gasteiger partial charge on any atom is 0.244 e. The summed E-state index contributed by atoms with van der Waals surface area (Å²) in [7, 11) is -3.80. The van der Waals surface area contributed by atoms with Crippen molar-refractivity contribution in [3.8, 4) is 0 Å². The second kappa shape index (κ2) is 12.7. The number of anilines is 1. The number of aryl methyl sites for hydroxylation is 1. The molecule has 0 saturated carbocycles. The minimum Gasteiger partial charge on any atom is -0.350 e. The van der Waals surface area contributed by atoms with Crippen LogP contribution in [0.4, 0.5) is 5.69 Å². The van der Waals surface area contributed by atoms with Crippen LogP contribution >= 0.6 is 11.6 Å². The van der Waals surface area contributed by atoms with Crippen LogP contribution in [-0.4, -0.2) is 49.5 Å². The third-order valence-corrected chi connectivity index (χ3v) is 7.43. The molecule has 0 saturated heterocycles. The van der Waals surface area contributed by atoms with Gasteiger partial charge in [0, 0.05) is 23.5 Å². The van der Waals surface area contributed by atoms with Crippen LogP contribution in [-0.2, 0) is 32.6 Å². The average Bonchev–Trinajstić information content (AvgIpc) is 2.85. The summed E-state index contributed by atoms with van der Waals surface area (Å²) in [6, 6.07) is 22.5. The molecule has 1 N–H and O–H groups in total. The Morgan fingerprint density at radius 2 is 1.49 bits per heavy atom. The van der Waals surface area contributed by atoms with E-state index in [1.165, 1.54) is 4.90 Å². The summed E-state index contributed by atoms with van der Waals surface area (Å²) in [5, 5.41) is 3.55. The number of hydrogen-bond acceptors (Lipinski definition) is 4. The van der Waals surface area contributed by atoms with Gasteiger partial charge in [0.25, 0.3) is 0 Å². The van der Waals surface area contributed by atoms with Gasteiger partial charge >= 0.3 is 0 Å². The number of carbonyl (C=O) groups is 2. The Hall–Kier alpha value is -3.36. The lowest BCUT2D eigenvalue weighted by molar-refractivity contribution is -0.140. The van der Waals surface area contributed by atoms with Gasteiger partial charge in [-0.05, 0) is 63.1 Å². The number of carbonyl (C=O) groups excluding carboxylic acids is 2. The van der Waals surface area contributed by atoms with E-state index in [9.17, 15) is 18.0 Å². The summed E-state index contributed by atoms with van der Waals surface area (Å²) >= 11 is 6.08. The zero-order valence-corrected chi connectivity index (χ0v) is 24.6. The molecular formula is C30H36ClN3O4S. The number of hydrogen-bond donors (Lipinski definition) is 1. The second-order valence-electron chi connectivity index (χ2n) is 10.7.